The van der Waals surface area contributed by atoms with E-state index in [1.54, 1.807) is 54.7 Å². The van der Waals surface area contributed by atoms with Crippen LogP contribution in [-0.2, 0) is 21.4 Å². The largest absolute Gasteiger partial charge is 0.312 e. The van der Waals surface area contributed by atoms with E-state index in [1.807, 2.05) is 12.1 Å². The van der Waals surface area contributed by atoms with Gasteiger partial charge < -0.3 is 4.90 Å². The number of pyridine rings is 1. The Kier molecular flexibility index (Phi) is 5.79. The van der Waals surface area contributed by atoms with Crippen molar-refractivity contribution in [1.82, 2.24) is 19.3 Å². The molecule has 1 fully saturated rings. The van der Waals surface area contributed by atoms with Crippen LogP contribution in [0.1, 0.15) is 24.4 Å². The van der Waals surface area contributed by atoms with Crippen LogP contribution in [0, 0.1) is 6.92 Å². The maximum Gasteiger partial charge on any atom is 0.243 e. The number of anilines is 1. The Bertz CT molecular complexity index is 1200. The molecule has 3 heterocycles. The minimum Gasteiger partial charge on any atom is -0.312 e. The highest BCUT2D eigenvalue weighted by Crippen LogP contribution is 2.26. The van der Waals surface area contributed by atoms with E-state index in [1.165, 1.54) is 11.4 Å². The smallest absolute Gasteiger partial charge is 0.243 e. The molecular formula is C22H23N5O3S. The van der Waals surface area contributed by atoms with Crippen molar-refractivity contribution in [2.45, 2.75) is 31.2 Å². The van der Waals surface area contributed by atoms with Crippen LogP contribution in [0.25, 0.3) is 11.1 Å². The van der Waals surface area contributed by atoms with Crippen LogP contribution >= 0.6 is 0 Å². The van der Waals surface area contributed by atoms with Crippen molar-refractivity contribution in [3.63, 3.8) is 0 Å². The van der Waals surface area contributed by atoms with Crippen molar-refractivity contribution in [3.05, 3.63) is 66.5 Å². The van der Waals surface area contributed by atoms with Crippen molar-refractivity contribution in [1.29, 1.82) is 0 Å². The second kappa shape index (κ2) is 8.52. The van der Waals surface area contributed by atoms with Gasteiger partial charge in [-0.05, 0) is 55.3 Å². The number of benzene rings is 1. The third-order valence-corrected chi connectivity index (χ3v) is 7.10. The Labute approximate surface area is 181 Å². The Balaban J connectivity index is 1.59. The molecule has 1 aliphatic rings. The number of carbonyl (C=O) groups is 1. The maximum atomic E-state index is 13.2. The summed E-state index contributed by atoms with van der Waals surface area (Å²) in [6.45, 7) is 2.53. The third kappa shape index (κ3) is 4.33. The summed E-state index contributed by atoms with van der Waals surface area (Å²) < 4.78 is 27.6. The number of amides is 1. The van der Waals surface area contributed by atoms with Crippen LogP contribution in [0.4, 0.5) is 5.69 Å². The monoisotopic (exact) mass is 437 g/mol. The fourth-order valence-corrected chi connectivity index (χ4v) is 4.74. The van der Waals surface area contributed by atoms with Gasteiger partial charge in [0.15, 0.2) is 0 Å². The molecule has 160 valence electrons. The molecule has 2 aromatic heterocycles. The maximum absolute atomic E-state index is 13.2. The van der Waals surface area contributed by atoms with Crippen molar-refractivity contribution in [2.75, 3.05) is 18.5 Å². The summed E-state index contributed by atoms with van der Waals surface area (Å²) in [5.74, 6) is 0.633. The standard InChI is InChI=1S/C22H23N5O3S/c1-16-24-14-20(17-9-11-23-12-10-17)21(25-16)15-26(2)31(29,30)19-7-5-18(6-8-19)27-13-3-4-22(27)28/h5-12,14H,3-4,13,15H2,1-2H3. The molecule has 31 heavy (non-hydrogen) atoms. The molecule has 1 saturated heterocycles. The molecule has 8 nitrogen and oxygen atoms in total. The zero-order valence-electron chi connectivity index (χ0n) is 17.4. The number of aryl methyl sites for hydroxylation is 1. The average molecular weight is 438 g/mol. The lowest BCUT2D eigenvalue weighted by molar-refractivity contribution is -0.117. The highest BCUT2D eigenvalue weighted by atomic mass is 32.2. The van der Waals surface area contributed by atoms with E-state index in [4.69, 9.17) is 0 Å². The lowest BCUT2D eigenvalue weighted by Gasteiger charge is -2.20. The number of rotatable bonds is 6. The van der Waals surface area contributed by atoms with Gasteiger partial charge in [-0.3, -0.25) is 9.78 Å². The zero-order valence-corrected chi connectivity index (χ0v) is 18.2. The Morgan fingerprint density at radius 3 is 2.45 bits per heavy atom. The first kappa shape index (κ1) is 21.1. The normalized spacial score (nSPS) is 14.4. The lowest BCUT2D eigenvalue weighted by atomic mass is 10.1. The van der Waals surface area contributed by atoms with Crippen molar-refractivity contribution < 1.29 is 13.2 Å². The zero-order chi connectivity index (χ0) is 22.0. The average Bonchev–Trinajstić information content (AvgIpc) is 3.20. The van der Waals surface area contributed by atoms with E-state index in [0.29, 0.717) is 24.5 Å². The van der Waals surface area contributed by atoms with Gasteiger partial charge in [-0.25, -0.2) is 18.4 Å². The van der Waals surface area contributed by atoms with Gasteiger partial charge in [0, 0.05) is 49.9 Å². The van der Waals surface area contributed by atoms with Crippen LogP contribution in [0.2, 0.25) is 0 Å². The SMILES string of the molecule is Cc1ncc(-c2ccncc2)c(CN(C)S(=O)(=O)c2ccc(N3CCCC3=O)cc2)n1. The number of sulfonamides is 1. The highest BCUT2D eigenvalue weighted by molar-refractivity contribution is 7.89. The Hall–Kier alpha value is -3.17. The predicted octanol–water partition coefficient (Wildman–Crippen LogP) is 2.79. The molecule has 3 aromatic rings. The van der Waals surface area contributed by atoms with Gasteiger partial charge in [0.05, 0.1) is 17.1 Å². The number of nitrogens with zero attached hydrogens (tertiary/aromatic N) is 5. The number of hydrogen-bond donors (Lipinski definition) is 0. The molecule has 9 heteroatoms. The summed E-state index contributed by atoms with van der Waals surface area (Å²) >= 11 is 0. The van der Waals surface area contributed by atoms with Gasteiger partial charge in [0.1, 0.15) is 5.82 Å². The minimum atomic E-state index is -3.75. The minimum absolute atomic E-state index is 0.0653. The van der Waals surface area contributed by atoms with E-state index >= 15 is 0 Å². The first-order chi connectivity index (χ1) is 14.9. The Morgan fingerprint density at radius 2 is 1.81 bits per heavy atom. The predicted molar refractivity (Wildman–Crippen MR) is 117 cm³/mol. The molecule has 1 aromatic carbocycles. The molecule has 0 N–H and O–H groups in total. The van der Waals surface area contributed by atoms with Gasteiger partial charge in [0.25, 0.3) is 0 Å². The molecular weight excluding hydrogens is 414 g/mol. The molecule has 1 aliphatic heterocycles. The second-order valence-corrected chi connectivity index (χ2v) is 9.46. The van der Waals surface area contributed by atoms with E-state index in [9.17, 15) is 13.2 Å². The van der Waals surface area contributed by atoms with Crippen LogP contribution in [0.3, 0.4) is 0 Å². The first-order valence-corrected chi connectivity index (χ1v) is 11.4. The summed E-state index contributed by atoms with van der Waals surface area (Å²) in [6.07, 6.45) is 6.40. The lowest BCUT2D eigenvalue weighted by Crippen LogP contribution is -2.28. The van der Waals surface area contributed by atoms with Crippen molar-refractivity contribution in [2.24, 2.45) is 0 Å². The van der Waals surface area contributed by atoms with Gasteiger partial charge in [-0.2, -0.15) is 4.31 Å². The quantitative estimate of drug-likeness (QED) is 0.588. The van der Waals surface area contributed by atoms with E-state index in [-0.39, 0.29) is 17.3 Å². The molecule has 0 spiro atoms. The Morgan fingerprint density at radius 1 is 1.10 bits per heavy atom. The second-order valence-electron chi connectivity index (χ2n) is 7.42. The van der Waals surface area contributed by atoms with Gasteiger partial charge in [-0.1, -0.05) is 0 Å². The van der Waals surface area contributed by atoms with Crippen LogP contribution < -0.4 is 4.90 Å². The molecule has 0 bridgehead atoms. The molecule has 0 saturated carbocycles. The molecule has 0 radical (unpaired) electrons. The summed E-state index contributed by atoms with van der Waals surface area (Å²) in [5, 5.41) is 0. The van der Waals surface area contributed by atoms with Crippen LogP contribution in [0.5, 0.6) is 0 Å². The topological polar surface area (TPSA) is 96.4 Å². The summed E-state index contributed by atoms with van der Waals surface area (Å²) in [7, 11) is -2.22. The molecule has 1 amide bonds. The van der Waals surface area contributed by atoms with Gasteiger partial charge in [0.2, 0.25) is 15.9 Å². The van der Waals surface area contributed by atoms with E-state index in [2.05, 4.69) is 15.0 Å². The van der Waals surface area contributed by atoms with E-state index < -0.39 is 10.0 Å². The van der Waals surface area contributed by atoms with Crippen molar-refractivity contribution >= 4 is 21.6 Å². The summed E-state index contributed by atoms with van der Waals surface area (Å²) in [5.41, 5.74) is 2.97. The molecule has 0 aliphatic carbocycles. The highest BCUT2D eigenvalue weighted by Gasteiger charge is 2.25. The fraction of sp³-hybridized carbons (Fsp3) is 0.273. The summed E-state index contributed by atoms with van der Waals surface area (Å²) in [4.78, 5) is 26.6. The molecule has 0 atom stereocenters. The third-order valence-electron chi connectivity index (χ3n) is 5.28. The fourth-order valence-electron chi connectivity index (χ4n) is 3.61. The number of hydrogen-bond acceptors (Lipinski definition) is 6. The van der Waals surface area contributed by atoms with Gasteiger partial charge >= 0.3 is 0 Å². The van der Waals surface area contributed by atoms with Crippen LogP contribution in [-0.4, -0.2) is 47.2 Å². The van der Waals surface area contributed by atoms with Crippen LogP contribution in [0.15, 0.2) is 59.9 Å². The van der Waals surface area contributed by atoms with Crippen molar-refractivity contribution in [3.8, 4) is 11.1 Å². The molecule has 0 unspecified atom stereocenters. The summed E-state index contributed by atoms with van der Waals surface area (Å²) in [6, 6.07) is 10.1. The molecule has 4 rings (SSSR count). The van der Waals surface area contributed by atoms with E-state index in [0.717, 1.165) is 23.2 Å². The number of carbonyl (C=O) groups excluding carboxylic acids is 1. The number of aromatic nitrogens is 3. The first-order valence-electron chi connectivity index (χ1n) is 9.96. The van der Waals surface area contributed by atoms with Gasteiger partial charge in [-0.15, -0.1) is 0 Å².